The monoisotopic (exact) mass is 349 g/mol. The number of H-pyrrole nitrogens is 2. The van der Waals surface area contributed by atoms with Crippen LogP contribution in [0.1, 0.15) is 6.92 Å². The number of anilines is 1. The number of aromatic nitrogens is 2. The minimum Gasteiger partial charge on any atom is -0.306 e. The SMILES string of the molecule is CCSc1ccc(NS(=O)(=O)c2ccc3[nH]c(=O)[nH]c3c2)cc1. The summed E-state index contributed by atoms with van der Waals surface area (Å²) in [4.78, 5) is 17.5. The van der Waals surface area contributed by atoms with E-state index in [1.165, 1.54) is 12.1 Å². The fraction of sp³-hybridized carbons (Fsp3) is 0.133. The molecule has 0 aliphatic heterocycles. The van der Waals surface area contributed by atoms with Crippen LogP contribution in [-0.2, 0) is 10.0 Å². The summed E-state index contributed by atoms with van der Waals surface area (Å²) in [6, 6.07) is 11.6. The topological polar surface area (TPSA) is 94.8 Å². The second-order valence-corrected chi connectivity index (χ2v) is 7.87. The summed E-state index contributed by atoms with van der Waals surface area (Å²) in [6.45, 7) is 2.06. The molecule has 0 saturated heterocycles. The molecule has 1 aromatic heterocycles. The molecule has 0 radical (unpaired) electrons. The molecule has 8 heteroatoms. The van der Waals surface area contributed by atoms with Gasteiger partial charge in [-0.2, -0.15) is 0 Å². The lowest BCUT2D eigenvalue weighted by Gasteiger charge is -2.09. The standard InChI is InChI=1S/C15H15N3O3S2/c1-2-22-11-5-3-10(4-6-11)18-23(20,21)12-7-8-13-14(9-12)17-15(19)16-13/h3-9,18H,2H2,1H3,(H2,16,17,19). The van der Waals surface area contributed by atoms with E-state index in [1.54, 1.807) is 30.0 Å². The first-order valence-electron chi connectivity index (χ1n) is 6.96. The summed E-state index contributed by atoms with van der Waals surface area (Å²) >= 11 is 1.69. The highest BCUT2D eigenvalue weighted by Crippen LogP contribution is 2.22. The number of benzene rings is 2. The van der Waals surface area contributed by atoms with Gasteiger partial charge in [-0.3, -0.25) is 4.72 Å². The molecule has 2 aromatic carbocycles. The summed E-state index contributed by atoms with van der Waals surface area (Å²) in [6.07, 6.45) is 0. The Morgan fingerprint density at radius 2 is 1.74 bits per heavy atom. The first-order chi connectivity index (χ1) is 11.0. The molecule has 3 rings (SSSR count). The molecular formula is C15H15N3O3S2. The van der Waals surface area contributed by atoms with Gasteiger partial charge in [0.15, 0.2) is 0 Å². The third-order valence-electron chi connectivity index (χ3n) is 3.22. The Morgan fingerprint density at radius 3 is 2.43 bits per heavy atom. The predicted octanol–water partition coefficient (Wildman–Crippen LogP) is 2.77. The highest BCUT2D eigenvalue weighted by molar-refractivity contribution is 7.99. The van der Waals surface area contributed by atoms with E-state index >= 15 is 0 Å². The molecular weight excluding hydrogens is 334 g/mol. The van der Waals surface area contributed by atoms with Crippen molar-refractivity contribution in [3.05, 3.63) is 52.9 Å². The van der Waals surface area contributed by atoms with Crippen LogP contribution in [0.15, 0.2) is 57.1 Å². The Hall–Kier alpha value is -2.19. The Labute approximate surface area is 137 Å². The van der Waals surface area contributed by atoms with Crippen LogP contribution in [-0.4, -0.2) is 24.1 Å². The van der Waals surface area contributed by atoms with Crippen LogP contribution in [0, 0.1) is 0 Å². The number of sulfonamides is 1. The molecule has 0 aliphatic carbocycles. The van der Waals surface area contributed by atoms with Crippen LogP contribution in [0.5, 0.6) is 0 Å². The van der Waals surface area contributed by atoms with Crippen LogP contribution >= 0.6 is 11.8 Å². The fourth-order valence-electron chi connectivity index (χ4n) is 2.18. The third kappa shape index (κ3) is 3.43. The van der Waals surface area contributed by atoms with Gasteiger partial charge < -0.3 is 9.97 Å². The minimum absolute atomic E-state index is 0.0901. The van der Waals surface area contributed by atoms with Crippen molar-refractivity contribution in [2.24, 2.45) is 0 Å². The van der Waals surface area contributed by atoms with E-state index in [0.29, 0.717) is 16.7 Å². The number of thioether (sulfide) groups is 1. The number of fused-ring (bicyclic) bond motifs is 1. The van der Waals surface area contributed by atoms with E-state index in [-0.39, 0.29) is 10.6 Å². The van der Waals surface area contributed by atoms with Crippen LogP contribution in [0.25, 0.3) is 11.0 Å². The maximum Gasteiger partial charge on any atom is 0.323 e. The minimum atomic E-state index is -3.71. The quantitative estimate of drug-likeness (QED) is 0.617. The first-order valence-corrected chi connectivity index (χ1v) is 9.42. The van der Waals surface area contributed by atoms with Gasteiger partial charge in [0.05, 0.1) is 15.9 Å². The molecule has 3 aromatic rings. The van der Waals surface area contributed by atoms with Gasteiger partial charge >= 0.3 is 5.69 Å². The Balaban J connectivity index is 1.88. The van der Waals surface area contributed by atoms with Crippen molar-refractivity contribution in [3.8, 4) is 0 Å². The molecule has 0 saturated carbocycles. The first kappa shape index (κ1) is 15.7. The van der Waals surface area contributed by atoms with Crippen molar-refractivity contribution >= 4 is 38.5 Å². The van der Waals surface area contributed by atoms with E-state index in [2.05, 4.69) is 21.6 Å². The molecule has 0 fully saturated rings. The Morgan fingerprint density at radius 1 is 1.04 bits per heavy atom. The summed E-state index contributed by atoms with van der Waals surface area (Å²) in [5.41, 5.74) is 1.14. The molecule has 1 heterocycles. The van der Waals surface area contributed by atoms with Gasteiger partial charge in [0.1, 0.15) is 0 Å². The number of aromatic amines is 2. The van der Waals surface area contributed by atoms with Gasteiger partial charge in [-0.25, -0.2) is 13.2 Å². The number of nitrogens with one attached hydrogen (secondary N) is 3. The number of hydrogen-bond donors (Lipinski definition) is 3. The van der Waals surface area contributed by atoms with Gasteiger partial charge in [-0.05, 0) is 48.2 Å². The maximum atomic E-state index is 12.4. The van der Waals surface area contributed by atoms with Crippen molar-refractivity contribution in [1.82, 2.24) is 9.97 Å². The van der Waals surface area contributed by atoms with E-state index in [0.717, 1.165) is 10.6 Å². The number of hydrogen-bond acceptors (Lipinski definition) is 4. The lowest BCUT2D eigenvalue weighted by Crippen LogP contribution is -2.12. The Bertz CT molecular complexity index is 989. The zero-order valence-corrected chi connectivity index (χ0v) is 13.9. The van der Waals surface area contributed by atoms with Gasteiger partial charge in [-0.1, -0.05) is 6.92 Å². The van der Waals surface area contributed by atoms with Crippen molar-refractivity contribution in [3.63, 3.8) is 0 Å². The van der Waals surface area contributed by atoms with Gasteiger partial charge in [0, 0.05) is 10.6 Å². The highest BCUT2D eigenvalue weighted by atomic mass is 32.2. The summed E-state index contributed by atoms with van der Waals surface area (Å²) in [5, 5.41) is 0. The Kier molecular flexibility index (Phi) is 4.18. The zero-order valence-electron chi connectivity index (χ0n) is 12.3. The molecule has 0 unspecified atom stereocenters. The average Bonchev–Trinajstić information content (AvgIpc) is 2.88. The van der Waals surface area contributed by atoms with E-state index in [4.69, 9.17) is 0 Å². The maximum absolute atomic E-state index is 12.4. The molecule has 120 valence electrons. The van der Waals surface area contributed by atoms with Gasteiger partial charge in [-0.15, -0.1) is 11.8 Å². The second kappa shape index (κ2) is 6.13. The molecule has 0 atom stereocenters. The van der Waals surface area contributed by atoms with Gasteiger partial charge in [0.25, 0.3) is 10.0 Å². The van der Waals surface area contributed by atoms with Crippen LogP contribution in [0.2, 0.25) is 0 Å². The largest absolute Gasteiger partial charge is 0.323 e. The fourth-order valence-corrected chi connectivity index (χ4v) is 3.93. The molecule has 0 amide bonds. The van der Waals surface area contributed by atoms with E-state index in [9.17, 15) is 13.2 Å². The van der Waals surface area contributed by atoms with Crippen molar-refractivity contribution in [2.75, 3.05) is 10.5 Å². The normalized spacial score (nSPS) is 11.7. The smallest absolute Gasteiger partial charge is 0.306 e. The van der Waals surface area contributed by atoms with Crippen molar-refractivity contribution in [1.29, 1.82) is 0 Å². The average molecular weight is 349 g/mol. The highest BCUT2D eigenvalue weighted by Gasteiger charge is 2.15. The second-order valence-electron chi connectivity index (χ2n) is 4.85. The summed E-state index contributed by atoms with van der Waals surface area (Å²) < 4.78 is 27.4. The molecule has 0 spiro atoms. The third-order valence-corrected chi connectivity index (χ3v) is 5.49. The van der Waals surface area contributed by atoms with Crippen LogP contribution in [0.3, 0.4) is 0 Å². The van der Waals surface area contributed by atoms with Crippen LogP contribution in [0.4, 0.5) is 5.69 Å². The number of imidazole rings is 1. The predicted molar refractivity (Wildman–Crippen MR) is 92.6 cm³/mol. The van der Waals surface area contributed by atoms with Crippen LogP contribution < -0.4 is 10.4 Å². The molecule has 3 N–H and O–H groups in total. The van der Waals surface area contributed by atoms with Crippen molar-refractivity contribution in [2.45, 2.75) is 16.7 Å². The van der Waals surface area contributed by atoms with E-state index in [1.807, 2.05) is 12.1 Å². The molecule has 0 aliphatic rings. The summed E-state index contributed by atoms with van der Waals surface area (Å²) in [5.74, 6) is 0.958. The number of rotatable bonds is 5. The van der Waals surface area contributed by atoms with Crippen molar-refractivity contribution < 1.29 is 8.42 Å². The molecule has 6 nitrogen and oxygen atoms in total. The molecule has 0 bridgehead atoms. The zero-order chi connectivity index (χ0) is 16.4. The molecule has 23 heavy (non-hydrogen) atoms. The van der Waals surface area contributed by atoms with E-state index < -0.39 is 10.0 Å². The lowest BCUT2D eigenvalue weighted by molar-refractivity contribution is 0.601. The lowest BCUT2D eigenvalue weighted by atomic mass is 10.3. The summed E-state index contributed by atoms with van der Waals surface area (Å²) in [7, 11) is -3.71. The van der Waals surface area contributed by atoms with Gasteiger partial charge in [0.2, 0.25) is 0 Å².